The molecule has 6 amide bonds. The van der Waals surface area contributed by atoms with E-state index < -0.39 is 47.7 Å². The third-order valence-electron chi connectivity index (χ3n) is 6.10. The van der Waals surface area contributed by atoms with E-state index in [9.17, 15) is 28.8 Å². The van der Waals surface area contributed by atoms with E-state index in [4.69, 9.17) is 9.47 Å². The van der Waals surface area contributed by atoms with Crippen molar-refractivity contribution in [3.63, 3.8) is 0 Å². The summed E-state index contributed by atoms with van der Waals surface area (Å²) >= 11 is 0. The number of carbonyl (C=O) groups excluding carboxylic acids is 6. The van der Waals surface area contributed by atoms with Gasteiger partial charge in [0.1, 0.15) is 18.7 Å². The monoisotopic (exact) mass is 587 g/mol. The van der Waals surface area contributed by atoms with Crippen LogP contribution in [0.5, 0.6) is 0 Å². The van der Waals surface area contributed by atoms with Gasteiger partial charge in [-0.3, -0.25) is 28.9 Å². The lowest BCUT2D eigenvalue weighted by Crippen LogP contribution is -2.53. The number of amides is 6. The molecule has 2 rings (SSSR count). The van der Waals surface area contributed by atoms with Crippen LogP contribution >= 0.6 is 0 Å². The molecule has 4 N–H and O–H groups in total. The maximum Gasteiger partial charge on any atom is 0.407 e. The lowest BCUT2D eigenvalue weighted by molar-refractivity contribution is -0.138. The third-order valence-corrected chi connectivity index (χ3v) is 6.10. The molecule has 1 aromatic carbocycles. The van der Waals surface area contributed by atoms with Crippen LogP contribution in [0.3, 0.4) is 0 Å². The van der Waals surface area contributed by atoms with E-state index in [-0.39, 0.29) is 38.7 Å². The first-order valence-electron chi connectivity index (χ1n) is 13.9. The Labute approximate surface area is 245 Å². The summed E-state index contributed by atoms with van der Waals surface area (Å²) in [5, 5.41) is 10.7. The van der Waals surface area contributed by atoms with Crippen molar-refractivity contribution in [3.05, 3.63) is 42.0 Å². The molecule has 0 bridgehead atoms. The number of hydrogen-bond donors (Lipinski definition) is 4. The average molecular weight is 588 g/mol. The predicted molar refractivity (Wildman–Crippen MR) is 154 cm³/mol. The van der Waals surface area contributed by atoms with E-state index in [0.717, 1.165) is 10.5 Å². The molecule has 0 unspecified atom stereocenters. The highest BCUT2D eigenvalue weighted by atomic mass is 16.5. The van der Waals surface area contributed by atoms with Crippen LogP contribution < -0.4 is 21.3 Å². The van der Waals surface area contributed by atoms with Crippen LogP contribution in [0.25, 0.3) is 0 Å². The molecule has 1 aliphatic rings. The molecular formula is C29H41N5O8. The first-order chi connectivity index (χ1) is 19.9. The smallest absolute Gasteiger partial charge is 0.407 e. The highest BCUT2D eigenvalue weighted by Gasteiger charge is 2.27. The zero-order valence-electron chi connectivity index (χ0n) is 24.7. The van der Waals surface area contributed by atoms with Gasteiger partial charge >= 0.3 is 6.09 Å². The number of nitrogens with zero attached hydrogens (tertiary/aromatic N) is 1. The van der Waals surface area contributed by atoms with Crippen LogP contribution in [0.4, 0.5) is 10.5 Å². The summed E-state index contributed by atoms with van der Waals surface area (Å²) in [5.41, 5.74) is 1.24. The lowest BCUT2D eigenvalue weighted by Gasteiger charge is -2.24. The summed E-state index contributed by atoms with van der Waals surface area (Å²) in [4.78, 5) is 73.7. The van der Waals surface area contributed by atoms with Crippen LogP contribution in [0.1, 0.15) is 46.6 Å². The first kappa shape index (κ1) is 33.9. The van der Waals surface area contributed by atoms with Gasteiger partial charge in [0.2, 0.25) is 17.7 Å². The summed E-state index contributed by atoms with van der Waals surface area (Å²) in [6, 6.07) is 4.98. The first-order valence-corrected chi connectivity index (χ1v) is 13.9. The number of benzene rings is 1. The number of ether oxygens (including phenoxy) is 2. The minimum Gasteiger partial charge on any atom is -0.445 e. The van der Waals surface area contributed by atoms with Gasteiger partial charge in [0.05, 0.1) is 19.8 Å². The van der Waals surface area contributed by atoms with Crippen molar-refractivity contribution in [2.75, 3.05) is 31.6 Å². The zero-order chi connectivity index (χ0) is 31.2. The predicted octanol–water partition coefficient (Wildman–Crippen LogP) is 1.48. The number of alkyl carbamates (subject to hydrolysis) is 1. The van der Waals surface area contributed by atoms with Crippen molar-refractivity contribution >= 4 is 41.3 Å². The van der Waals surface area contributed by atoms with E-state index >= 15 is 0 Å². The van der Waals surface area contributed by atoms with Crippen molar-refractivity contribution in [2.45, 2.75) is 59.7 Å². The quantitative estimate of drug-likeness (QED) is 0.166. The minimum absolute atomic E-state index is 0.0314. The second-order valence-electron chi connectivity index (χ2n) is 10.6. The summed E-state index contributed by atoms with van der Waals surface area (Å²) in [6.07, 6.45) is 1.84. The van der Waals surface area contributed by atoms with Crippen LogP contribution in [0.2, 0.25) is 0 Å². The highest BCUT2D eigenvalue weighted by molar-refractivity contribution is 6.12. The van der Waals surface area contributed by atoms with Crippen LogP contribution in [0, 0.1) is 11.8 Å². The van der Waals surface area contributed by atoms with Gasteiger partial charge in [0.25, 0.3) is 11.8 Å². The Morgan fingerprint density at radius 1 is 0.857 bits per heavy atom. The summed E-state index contributed by atoms with van der Waals surface area (Å²) in [6.45, 7) is 9.83. The van der Waals surface area contributed by atoms with Crippen LogP contribution in [0.15, 0.2) is 36.4 Å². The van der Waals surface area contributed by atoms with E-state index in [2.05, 4.69) is 21.3 Å². The fourth-order valence-corrected chi connectivity index (χ4v) is 3.65. The highest BCUT2D eigenvalue weighted by Crippen LogP contribution is 2.12. The molecule has 13 heteroatoms. The third kappa shape index (κ3) is 11.7. The van der Waals surface area contributed by atoms with Gasteiger partial charge < -0.3 is 30.7 Å². The molecule has 1 heterocycles. The Kier molecular flexibility index (Phi) is 13.6. The van der Waals surface area contributed by atoms with Crippen molar-refractivity contribution in [2.24, 2.45) is 11.8 Å². The minimum atomic E-state index is -0.892. The van der Waals surface area contributed by atoms with Gasteiger partial charge in [-0.15, -0.1) is 0 Å². The number of rotatable bonds is 16. The number of carbonyl (C=O) groups is 6. The fourth-order valence-electron chi connectivity index (χ4n) is 3.65. The van der Waals surface area contributed by atoms with Gasteiger partial charge in [0.15, 0.2) is 0 Å². The van der Waals surface area contributed by atoms with Crippen molar-refractivity contribution in [3.8, 4) is 0 Å². The number of imide groups is 1. The average Bonchev–Trinajstić information content (AvgIpc) is 3.26. The molecule has 230 valence electrons. The number of hydrogen-bond acceptors (Lipinski definition) is 8. The fraction of sp³-hybridized carbons (Fsp3) is 0.517. The van der Waals surface area contributed by atoms with Gasteiger partial charge in [-0.25, -0.2) is 4.79 Å². The molecule has 0 spiro atoms. The summed E-state index contributed by atoms with van der Waals surface area (Å²) in [7, 11) is 0. The molecule has 2 atom stereocenters. The van der Waals surface area contributed by atoms with Crippen LogP contribution in [-0.2, 0) is 40.1 Å². The second-order valence-corrected chi connectivity index (χ2v) is 10.6. The molecule has 0 radical (unpaired) electrons. The molecule has 0 aliphatic carbocycles. The topological polar surface area (TPSA) is 172 Å². The van der Waals surface area contributed by atoms with Crippen molar-refractivity contribution in [1.29, 1.82) is 0 Å². The Balaban J connectivity index is 1.74. The molecule has 0 saturated heterocycles. The second kappa shape index (κ2) is 16.9. The standard InChI is InChI=1S/C29H41N5O8/c1-18(2)16-30-29(40)42-17-21-6-8-22(9-7-21)32-27(38)20(5)31-28(39)26(19(3)4)33-23(35)12-14-41-15-13-34-24(36)10-11-25(34)37/h6-11,18-20,26H,12-17H2,1-5H3,(H,30,40)(H,31,39)(H,32,38)(H,33,35)/t20-,26-/m0/s1. The Hall–Kier alpha value is -4.26. The van der Waals surface area contributed by atoms with Gasteiger partial charge in [-0.05, 0) is 36.5 Å². The molecular weight excluding hydrogens is 546 g/mol. The maximum absolute atomic E-state index is 12.9. The van der Waals surface area contributed by atoms with Crippen molar-refractivity contribution in [1.82, 2.24) is 20.9 Å². The molecule has 0 aromatic heterocycles. The van der Waals surface area contributed by atoms with E-state index in [1.54, 1.807) is 38.1 Å². The summed E-state index contributed by atoms with van der Waals surface area (Å²) in [5.74, 6) is -2.14. The van der Waals surface area contributed by atoms with Crippen LogP contribution in [-0.4, -0.2) is 78.9 Å². The molecule has 13 nitrogen and oxygen atoms in total. The number of nitrogens with one attached hydrogen (secondary N) is 4. The van der Waals surface area contributed by atoms with E-state index in [1.807, 2.05) is 13.8 Å². The normalized spacial score (nSPS) is 14.1. The molecule has 1 aliphatic heterocycles. The van der Waals surface area contributed by atoms with Gasteiger partial charge in [0, 0.05) is 30.8 Å². The summed E-state index contributed by atoms with van der Waals surface area (Å²) < 4.78 is 10.5. The van der Waals surface area contributed by atoms with Crippen molar-refractivity contribution < 1.29 is 38.2 Å². The zero-order valence-corrected chi connectivity index (χ0v) is 24.7. The molecule has 1 aromatic rings. The van der Waals surface area contributed by atoms with E-state index in [0.29, 0.717) is 18.2 Å². The largest absolute Gasteiger partial charge is 0.445 e. The molecule has 0 fully saturated rings. The maximum atomic E-state index is 12.9. The van der Waals surface area contributed by atoms with Gasteiger partial charge in [-0.1, -0.05) is 39.8 Å². The molecule has 0 saturated carbocycles. The Bertz CT molecular complexity index is 1130. The Morgan fingerprint density at radius 3 is 2.10 bits per heavy atom. The number of anilines is 1. The lowest BCUT2D eigenvalue weighted by atomic mass is 10.0. The molecule has 42 heavy (non-hydrogen) atoms. The van der Waals surface area contributed by atoms with Gasteiger partial charge in [-0.2, -0.15) is 0 Å². The SMILES string of the molecule is CC(C)CNC(=O)OCc1ccc(NC(=O)[C@H](C)NC(=O)[C@@H](NC(=O)CCOCCN2C(=O)C=CC2=O)C(C)C)cc1. The Morgan fingerprint density at radius 2 is 1.50 bits per heavy atom. The van der Waals surface area contributed by atoms with E-state index in [1.165, 1.54) is 19.1 Å².